The summed E-state index contributed by atoms with van der Waals surface area (Å²) in [5, 5.41) is 9.17. The second kappa shape index (κ2) is 6.25. The normalized spacial score (nSPS) is 10.3. The molecule has 1 heterocycles. The Morgan fingerprint density at radius 2 is 1.95 bits per heavy atom. The summed E-state index contributed by atoms with van der Waals surface area (Å²) in [6.45, 7) is 1.85. The molecule has 0 aliphatic heterocycles. The van der Waals surface area contributed by atoms with Crippen LogP contribution in [0.1, 0.15) is 11.3 Å². The molecular formula is C15H17NO4. The second-order valence-electron chi connectivity index (χ2n) is 4.39. The highest BCUT2D eigenvalue weighted by molar-refractivity contribution is 5.27. The molecule has 0 unspecified atom stereocenters. The van der Waals surface area contributed by atoms with Gasteiger partial charge in [0.2, 0.25) is 5.43 Å². The Morgan fingerprint density at radius 1 is 1.25 bits per heavy atom. The highest BCUT2D eigenvalue weighted by Gasteiger charge is 2.05. The molecule has 2 rings (SSSR count). The van der Waals surface area contributed by atoms with Gasteiger partial charge >= 0.3 is 0 Å². The van der Waals surface area contributed by atoms with Crippen molar-refractivity contribution in [3.05, 3.63) is 58.0 Å². The van der Waals surface area contributed by atoms with Crippen molar-refractivity contribution in [1.29, 1.82) is 0 Å². The van der Waals surface area contributed by atoms with Gasteiger partial charge in [0.15, 0.2) is 5.75 Å². The average Bonchev–Trinajstić information content (AvgIpc) is 2.47. The first-order valence-electron chi connectivity index (χ1n) is 6.21. The lowest BCUT2D eigenvalue weighted by molar-refractivity contribution is 0.203. The molecule has 5 heteroatoms. The van der Waals surface area contributed by atoms with Crippen LogP contribution in [-0.4, -0.2) is 16.8 Å². The van der Waals surface area contributed by atoms with E-state index in [1.54, 1.807) is 18.6 Å². The maximum absolute atomic E-state index is 11.8. The fourth-order valence-electron chi connectivity index (χ4n) is 1.79. The first kappa shape index (κ1) is 14.1. The topological polar surface area (TPSA) is 60.7 Å². The predicted molar refractivity (Wildman–Crippen MR) is 75.0 cm³/mol. The average molecular weight is 275 g/mol. The van der Waals surface area contributed by atoms with Gasteiger partial charge in [-0.1, -0.05) is 12.1 Å². The molecular weight excluding hydrogens is 258 g/mol. The Hall–Kier alpha value is -2.27. The molecule has 0 fully saturated rings. The summed E-state index contributed by atoms with van der Waals surface area (Å²) in [6, 6.07) is 8.86. The Morgan fingerprint density at radius 3 is 2.55 bits per heavy atom. The number of methoxy groups -OCH3 is 1. The lowest BCUT2D eigenvalue weighted by Gasteiger charge is -2.11. The maximum Gasteiger partial charge on any atom is 0.223 e. The predicted octanol–water partition coefficient (Wildman–Crippen LogP) is 1.69. The number of benzene rings is 1. The lowest BCUT2D eigenvalue weighted by atomic mass is 10.2. The minimum Gasteiger partial charge on any atom is -0.497 e. The number of aliphatic hydroxyl groups excluding tert-OH is 1. The zero-order valence-electron chi connectivity index (χ0n) is 11.5. The van der Waals surface area contributed by atoms with Crippen LogP contribution in [0.4, 0.5) is 0 Å². The van der Waals surface area contributed by atoms with Gasteiger partial charge in [-0.15, -0.1) is 0 Å². The first-order valence-corrected chi connectivity index (χ1v) is 6.21. The van der Waals surface area contributed by atoms with Crippen molar-refractivity contribution in [3.63, 3.8) is 0 Å². The second-order valence-corrected chi connectivity index (χ2v) is 4.39. The minimum absolute atomic E-state index is 0.189. The molecule has 0 spiro atoms. The van der Waals surface area contributed by atoms with Crippen molar-refractivity contribution >= 4 is 0 Å². The number of nitrogens with zero attached hydrogens (tertiary/aromatic N) is 1. The van der Waals surface area contributed by atoms with Gasteiger partial charge in [0, 0.05) is 11.8 Å². The number of aromatic nitrogens is 1. The molecule has 0 amide bonds. The van der Waals surface area contributed by atoms with Crippen LogP contribution in [0.3, 0.4) is 0 Å². The molecule has 5 nitrogen and oxygen atoms in total. The third-order valence-corrected chi connectivity index (χ3v) is 3.01. The van der Waals surface area contributed by atoms with Crippen LogP contribution in [0.5, 0.6) is 11.5 Å². The monoisotopic (exact) mass is 275 g/mol. The van der Waals surface area contributed by atoms with Crippen LogP contribution < -0.4 is 14.9 Å². The molecule has 0 saturated carbocycles. The Kier molecular flexibility index (Phi) is 4.42. The zero-order valence-corrected chi connectivity index (χ0v) is 11.5. The summed E-state index contributed by atoms with van der Waals surface area (Å²) in [6.07, 6.45) is 1.52. The summed E-state index contributed by atoms with van der Waals surface area (Å²) in [5.41, 5.74) is 1.43. The van der Waals surface area contributed by atoms with Crippen LogP contribution in [0.25, 0.3) is 0 Å². The molecule has 2 aromatic rings. The van der Waals surface area contributed by atoms with Gasteiger partial charge in [0.25, 0.3) is 0 Å². The Balaban J connectivity index is 2.12. The van der Waals surface area contributed by atoms with E-state index in [0.717, 1.165) is 11.3 Å². The van der Waals surface area contributed by atoms with Gasteiger partial charge < -0.3 is 19.1 Å². The molecule has 106 valence electrons. The molecule has 0 saturated heterocycles. The molecule has 20 heavy (non-hydrogen) atoms. The summed E-state index contributed by atoms with van der Waals surface area (Å²) >= 11 is 0. The molecule has 1 aromatic carbocycles. The number of rotatable bonds is 5. The molecule has 0 radical (unpaired) electrons. The molecule has 0 bridgehead atoms. The number of hydrogen-bond acceptors (Lipinski definition) is 4. The summed E-state index contributed by atoms with van der Waals surface area (Å²) in [4.78, 5) is 11.8. The van der Waals surface area contributed by atoms with Crippen LogP contribution in [-0.2, 0) is 13.3 Å². The van der Waals surface area contributed by atoms with Crippen LogP contribution in [0, 0.1) is 6.92 Å². The number of aryl methyl sites for hydroxylation is 1. The molecule has 1 N–H and O–H groups in total. The van der Waals surface area contributed by atoms with Crippen LogP contribution >= 0.6 is 0 Å². The molecule has 1 aromatic heterocycles. The smallest absolute Gasteiger partial charge is 0.223 e. The van der Waals surface area contributed by atoms with Gasteiger partial charge in [-0.25, -0.2) is 0 Å². The van der Waals surface area contributed by atoms with E-state index in [2.05, 4.69) is 0 Å². The molecule has 0 aliphatic carbocycles. The van der Waals surface area contributed by atoms with Crippen molar-refractivity contribution < 1.29 is 14.6 Å². The van der Waals surface area contributed by atoms with Crippen molar-refractivity contribution in [2.45, 2.75) is 20.3 Å². The lowest BCUT2D eigenvalue weighted by Crippen LogP contribution is -2.13. The quantitative estimate of drug-likeness (QED) is 0.902. The van der Waals surface area contributed by atoms with E-state index < -0.39 is 0 Å². The largest absolute Gasteiger partial charge is 0.497 e. The number of pyridine rings is 1. The minimum atomic E-state index is -0.194. The van der Waals surface area contributed by atoms with Crippen molar-refractivity contribution in [2.75, 3.05) is 7.11 Å². The fourth-order valence-corrected chi connectivity index (χ4v) is 1.79. The van der Waals surface area contributed by atoms with E-state index in [9.17, 15) is 4.79 Å². The van der Waals surface area contributed by atoms with E-state index in [-0.39, 0.29) is 24.5 Å². The van der Waals surface area contributed by atoms with E-state index in [4.69, 9.17) is 14.6 Å². The van der Waals surface area contributed by atoms with E-state index in [1.165, 1.54) is 12.3 Å². The highest BCUT2D eigenvalue weighted by atomic mass is 16.5. The van der Waals surface area contributed by atoms with Crippen LogP contribution in [0.15, 0.2) is 41.3 Å². The van der Waals surface area contributed by atoms with Gasteiger partial charge in [0.1, 0.15) is 19.1 Å². The summed E-state index contributed by atoms with van der Waals surface area (Å²) in [7, 11) is 1.61. The zero-order chi connectivity index (χ0) is 14.5. The van der Waals surface area contributed by atoms with Gasteiger partial charge in [-0.05, 0) is 24.6 Å². The Labute approximate surface area is 117 Å². The number of aliphatic hydroxyl groups is 1. The van der Waals surface area contributed by atoms with E-state index in [1.807, 2.05) is 24.3 Å². The SMILES string of the molecule is COc1ccc(COc2cn(CO)c(C)cc2=O)cc1. The Bertz CT molecular complexity index is 631. The molecule has 0 aliphatic rings. The summed E-state index contributed by atoms with van der Waals surface area (Å²) in [5.74, 6) is 0.993. The van der Waals surface area contributed by atoms with Crippen molar-refractivity contribution in [3.8, 4) is 11.5 Å². The number of hydrogen-bond donors (Lipinski definition) is 1. The molecule has 0 atom stereocenters. The maximum atomic E-state index is 11.8. The van der Waals surface area contributed by atoms with E-state index in [0.29, 0.717) is 5.69 Å². The van der Waals surface area contributed by atoms with Crippen molar-refractivity contribution in [2.24, 2.45) is 0 Å². The standard InChI is InChI=1S/C15H17NO4/c1-11-7-14(18)15(8-16(11)10-17)20-9-12-3-5-13(19-2)6-4-12/h3-8,17H,9-10H2,1-2H3. The summed E-state index contributed by atoms with van der Waals surface area (Å²) < 4.78 is 12.1. The third-order valence-electron chi connectivity index (χ3n) is 3.01. The van der Waals surface area contributed by atoms with Crippen molar-refractivity contribution in [1.82, 2.24) is 4.57 Å². The first-order chi connectivity index (χ1) is 9.63. The number of ether oxygens (including phenoxy) is 2. The van der Waals surface area contributed by atoms with E-state index >= 15 is 0 Å². The highest BCUT2D eigenvalue weighted by Crippen LogP contribution is 2.13. The third kappa shape index (κ3) is 3.19. The van der Waals surface area contributed by atoms with Gasteiger partial charge in [0.05, 0.1) is 13.3 Å². The van der Waals surface area contributed by atoms with Gasteiger partial charge in [-0.3, -0.25) is 4.79 Å². The van der Waals surface area contributed by atoms with Gasteiger partial charge in [-0.2, -0.15) is 0 Å². The van der Waals surface area contributed by atoms with Crippen LogP contribution in [0.2, 0.25) is 0 Å². The fraction of sp³-hybridized carbons (Fsp3) is 0.267.